The van der Waals surface area contributed by atoms with Crippen molar-refractivity contribution in [2.24, 2.45) is 4.99 Å². The molecule has 0 unspecified atom stereocenters. The van der Waals surface area contributed by atoms with E-state index in [0.717, 1.165) is 16.7 Å². The van der Waals surface area contributed by atoms with E-state index in [0.29, 0.717) is 24.6 Å². The Balaban J connectivity index is 2.20. The van der Waals surface area contributed by atoms with Gasteiger partial charge < -0.3 is 9.72 Å². The highest BCUT2D eigenvalue weighted by Gasteiger charge is 2.12. The van der Waals surface area contributed by atoms with Gasteiger partial charge in [0.2, 0.25) is 0 Å². The highest BCUT2D eigenvalue weighted by atomic mass is 16.5. The Morgan fingerprint density at radius 1 is 1.29 bits per heavy atom. The molecule has 0 bridgehead atoms. The number of aromatic amines is 1. The lowest BCUT2D eigenvalue weighted by molar-refractivity contribution is 0.356. The Morgan fingerprint density at radius 2 is 2.10 bits per heavy atom. The molecule has 1 N–H and O–H groups in total. The van der Waals surface area contributed by atoms with Crippen LogP contribution in [0, 0.1) is 0 Å². The summed E-state index contributed by atoms with van der Waals surface area (Å²) in [4.78, 5) is 16.4. The quantitative estimate of drug-likeness (QED) is 0.793. The molecule has 21 heavy (non-hydrogen) atoms. The predicted octanol–water partition coefficient (Wildman–Crippen LogP) is 1.74. The Morgan fingerprint density at radius 3 is 2.81 bits per heavy atom. The summed E-state index contributed by atoms with van der Waals surface area (Å²) >= 11 is 0. The van der Waals surface area contributed by atoms with Gasteiger partial charge in [0.15, 0.2) is 11.1 Å². The number of benzene rings is 1. The van der Waals surface area contributed by atoms with Gasteiger partial charge in [-0.05, 0) is 12.5 Å². The molecule has 108 valence electrons. The van der Waals surface area contributed by atoms with Crippen LogP contribution in [-0.2, 0) is 6.54 Å². The predicted molar refractivity (Wildman–Crippen MR) is 80.1 cm³/mol. The summed E-state index contributed by atoms with van der Waals surface area (Å²) < 4.78 is 7.36. The van der Waals surface area contributed by atoms with Crippen LogP contribution in [0.4, 0.5) is 0 Å². The minimum atomic E-state index is 0.505. The molecule has 3 rings (SSSR count). The number of hydrogen-bond donors (Lipinski definition) is 1. The molecule has 0 aliphatic rings. The van der Waals surface area contributed by atoms with Crippen LogP contribution in [0.3, 0.4) is 0 Å². The third-order valence-corrected chi connectivity index (χ3v) is 3.21. The molecule has 0 aliphatic carbocycles. The van der Waals surface area contributed by atoms with Crippen molar-refractivity contribution < 1.29 is 4.74 Å². The number of imidazole rings is 1. The van der Waals surface area contributed by atoms with Crippen molar-refractivity contribution >= 4 is 11.2 Å². The largest absolute Gasteiger partial charge is 0.468 e. The Kier molecular flexibility index (Phi) is 3.68. The highest BCUT2D eigenvalue weighted by Crippen LogP contribution is 2.15. The van der Waals surface area contributed by atoms with Gasteiger partial charge in [0, 0.05) is 6.54 Å². The fourth-order valence-corrected chi connectivity index (χ4v) is 2.28. The van der Waals surface area contributed by atoms with Gasteiger partial charge in [-0.15, -0.1) is 0 Å². The molecule has 0 saturated heterocycles. The molecule has 0 amide bonds. The van der Waals surface area contributed by atoms with E-state index in [2.05, 4.69) is 32.1 Å². The third kappa shape index (κ3) is 2.52. The first-order valence-corrected chi connectivity index (χ1v) is 6.85. The summed E-state index contributed by atoms with van der Waals surface area (Å²) in [6, 6.07) is 10.7. The average Bonchev–Trinajstić information content (AvgIpc) is 3.00. The molecular weight excluding hydrogens is 266 g/mol. The summed E-state index contributed by atoms with van der Waals surface area (Å²) in [7, 11) is 1.61. The second kappa shape index (κ2) is 5.78. The highest BCUT2D eigenvalue weighted by molar-refractivity contribution is 5.69. The summed E-state index contributed by atoms with van der Waals surface area (Å²) in [6.45, 7) is 3.28. The summed E-state index contributed by atoms with van der Waals surface area (Å²) in [5, 5.41) is 0. The molecule has 3 aromatic rings. The van der Waals surface area contributed by atoms with Crippen LogP contribution >= 0.6 is 0 Å². The minimum Gasteiger partial charge on any atom is -0.468 e. The number of aromatic nitrogens is 4. The summed E-state index contributed by atoms with van der Waals surface area (Å²) in [5.74, 6) is 0. The third-order valence-electron chi connectivity index (χ3n) is 3.21. The maximum atomic E-state index is 5.42. The molecule has 0 fully saturated rings. The maximum Gasteiger partial charge on any atom is 0.300 e. The van der Waals surface area contributed by atoms with Crippen molar-refractivity contribution in [3.05, 3.63) is 47.7 Å². The fraction of sp³-hybridized carbons (Fsp3) is 0.267. The van der Waals surface area contributed by atoms with Crippen molar-refractivity contribution in [3.8, 4) is 6.01 Å². The van der Waals surface area contributed by atoms with Crippen LogP contribution in [0.1, 0.15) is 12.5 Å². The summed E-state index contributed by atoms with van der Waals surface area (Å²) in [5.41, 5.74) is 3.41. The second-order valence-electron chi connectivity index (χ2n) is 4.57. The van der Waals surface area contributed by atoms with Crippen LogP contribution in [0.25, 0.3) is 11.2 Å². The Bertz CT molecular complexity index is 804. The van der Waals surface area contributed by atoms with E-state index in [1.165, 1.54) is 0 Å². The Labute approximate surface area is 122 Å². The standard InChI is InChI=1S/C15H17N5O/c1-3-16-13-12-14(18-10-17-12)20(15(19-13)21-2)9-11-7-5-4-6-8-11/h4-8,10H,3,9H2,1-2H3,(H,17,18). The number of nitrogens with zero attached hydrogens (tertiary/aromatic N) is 4. The smallest absolute Gasteiger partial charge is 0.300 e. The molecule has 6 heteroatoms. The second-order valence-corrected chi connectivity index (χ2v) is 4.57. The molecule has 6 nitrogen and oxygen atoms in total. The van der Waals surface area contributed by atoms with Gasteiger partial charge >= 0.3 is 0 Å². The van der Waals surface area contributed by atoms with Crippen LogP contribution < -0.4 is 10.2 Å². The maximum absolute atomic E-state index is 5.42. The van der Waals surface area contributed by atoms with E-state index in [9.17, 15) is 0 Å². The molecule has 0 radical (unpaired) electrons. The number of methoxy groups -OCH3 is 1. The van der Waals surface area contributed by atoms with Gasteiger partial charge in [-0.2, -0.15) is 4.98 Å². The summed E-state index contributed by atoms with van der Waals surface area (Å²) in [6.07, 6.45) is 1.65. The SMILES string of the molecule is CCN=c1nc(OC)n(Cc2ccccc2)c2nc[nH]c12. The van der Waals surface area contributed by atoms with E-state index in [4.69, 9.17) is 4.74 Å². The van der Waals surface area contributed by atoms with Gasteiger partial charge in [0.05, 0.1) is 20.0 Å². The molecule has 1 aromatic carbocycles. The van der Waals surface area contributed by atoms with Crippen LogP contribution in [0.2, 0.25) is 0 Å². The van der Waals surface area contributed by atoms with Crippen LogP contribution in [0.5, 0.6) is 6.01 Å². The Hall–Kier alpha value is -2.63. The molecule has 2 aromatic heterocycles. The van der Waals surface area contributed by atoms with E-state index >= 15 is 0 Å². The molecular formula is C15H17N5O. The lowest BCUT2D eigenvalue weighted by Crippen LogP contribution is -2.18. The van der Waals surface area contributed by atoms with E-state index in [1.54, 1.807) is 13.4 Å². The van der Waals surface area contributed by atoms with Crippen molar-refractivity contribution in [3.63, 3.8) is 0 Å². The van der Waals surface area contributed by atoms with E-state index in [-0.39, 0.29) is 0 Å². The van der Waals surface area contributed by atoms with Crippen molar-refractivity contribution in [1.29, 1.82) is 0 Å². The zero-order valence-corrected chi connectivity index (χ0v) is 12.1. The van der Waals surface area contributed by atoms with Gasteiger partial charge in [-0.1, -0.05) is 30.3 Å². The lowest BCUT2D eigenvalue weighted by atomic mass is 10.2. The zero-order chi connectivity index (χ0) is 14.7. The minimum absolute atomic E-state index is 0.505. The average molecular weight is 283 g/mol. The first-order chi connectivity index (χ1) is 10.3. The van der Waals surface area contributed by atoms with Gasteiger partial charge in [-0.25, -0.2) is 4.98 Å². The van der Waals surface area contributed by atoms with Crippen molar-refractivity contribution in [2.45, 2.75) is 13.5 Å². The van der Waals surface area contributed by atoms with Crippen LogP contribution in [0.15, 0.2) is 41.7 Å². The van der Waals surface area contributed by atoms with E-state index in [1.807, 2.05) is 29.7 Å². The van der Waals surface area contributed by atoms with Crippen molar-refractivity contribution in [2.75, 3.05) is 13.7 Å². The lowest BCUT2D eigenvalue weighted by Gasteiger charge is -2.12. The van der Waals surface area contributed by atoms with Gasteiger partial charge in [0.25, 0.3) is 6.01 Å². The van der Waals surface area contributed by atoms with Gasteiger partial charge in [0.1, 0.15) is 5.52 Å². The van der Waals surface area contributed by atoms with E-state index < -0.39 is 0 Å². The fourth-order valence-electron chi connectivity index (χ4n) is 2.28. The number of ether oxygens (including phenoxy) is 1. The molecule has 2 heterocycles. The number of nitrogens with one attached hydrogen (secondary N) is 1. The monoisotopic (exact) mass is 283 g/mol. The first-order valence-electron chi connectivity index (χ1n) is 6.85. The molecule has 0 saturated carbocycles. The molecule has 0 aliphatic heterocycles. The molecule has 0 atom stereocenters. The number of H-pyrrole nitrogens is 1. The molecule has 0 spiro atoms. The van der Waals surface area contributed by atoms with Crippen molar-refractivity contribution in [1.82, 2.24) is 19.5 Å². The normalized spacial score (nSPS) is 12.0. The zero-order valence-electron chi connectivity index (χ0n) is 12.1. The van der Waals surface area contributed by atoms with Gasteiger partial charge in [-0.3, -0.25) is 9.56 Å². The van der Waals surface area contributed by atoms with Crippen LogP contribution in [-0.4, -0.2) is 33.2 Å². The topological polar surface area (TPSA) is 68.1 Å². The number of hydrogen-bond acceptors (Lipinski definition) is 4. The number of fused-ring (bicyclic) bond motifs is 1. The first kappa shape index (κ1) is 13.4. The number of rotatable bonds is 4.